The molecule has 61 heavy (non-hydrogen) atoms. The van der Waals surface area contributed by atoms with Crippen LogP contribution in [-0.2, 0) is 38.3 Å². The lowest BCUT2D eigenvalue weighted by Crippen LogP contribution is -2.60. The van der Waals surface area contributed by atoms with Crippen LogP contribution in [0.1, 0.15) is 226 Å². The molecule has 0 saturated carbocycles. The minimum absolute atomic E-state index is 0.0370. The van der Waals surface area contributed by atoms with Crippen LogP contribution < -0.4 is 0 Å². The van der Waals surface area contributed by atoms with E-state index in [4.69, 9.17) is 23.5 Å². The highest BCUT2D eigenvalue weighted by Gasteiger charge is 2.48. The fraction of sp³-hybridized carbons (Fsp3) is 0.938. The number of aliphatic hydroxyl groups is 3. The highest BCUT2D eigenvalue weighted by atomic mass is 32.3. The summed E-state index contributed by atoms with van der Waals surface area (Å²) in [6, 6.07) is 0. The number of carbonyl (C=O) groups excluding carboxylic acids is 1. The molecule has 12 nitrogen and oxygen atoms in total. The summed E-state index contributed by atoms with van der Waals surface area (Å²) in [5.41, 5.74) is 0. The molecule has 362 valence electrons. The van der Waals surface area contributed by atoms with Crippen molar-refractivity contribution in [3.63, 3.8) is 0 Å². The zero-order valence-electron chi connectivity index (χ0n) is 38.7. The highest BCUT2D eigenvalue weighted by molar-refractivity contribution is 7.80. The normalized spacial score (nSPS) is 20.1. The van der Waals surface area contributed by atoms with Gasteiger partial charge in [0.1, 0.15) is 30.5 Å². The maximum atomic E-state index is 12.9. The van der Waals surface area contributed by atoms with Gasteiger partial charge in [-0.25, -0.2) is 4.18 Å². The molecular weight excluding hydrogens is 801 g/mol. The second kappa shape index (κ2) is 40.4. The molecule has 0 amide bonds. The van der Waals surface area contributed by atoms with E-state index in [1.807, 2.05) is 0 Å². The fourth-order valence-electron chi connectivity index (χ4n) is 7.83. The van der Waals surface area contributed by atoms with Crippen molar-refractivity contribution in [2.75, 3.05) is 26.4 Å². The second-order valence-electron chi connectivity index (χ2n) is 17.4. The first kappa shape index (κ1) is 57.9. The van der Waals surface area contributed by atoms with Gasteiger partial charge in [-0.1, -0.05) is 199 Å². The smallest absolute Gasteiger partial charge is 0.397 e. The highest BCUT2D eigenvalue weighted by Crippen LogP contribution is 2.26. The molecule has 1 aliphatic rings. The molecule has 6 atom stereocenters. The SMILES string of the molecule is CCCC/C=C\CCCCCCCCOCC(COC1OC(CO)C(O)C(OS(=O)(=O)O)C1O)OC(=O)CCCCCCCCCCCCCCCCCCCCCCCC. The van der Waals surface area contributed by atoms with E-state index < -0.39 is 59.8 Å². The fourth-order valence-corrected chi connectivity index (χ4v) is 8.34. The maximum Gasteiger partial charge on any atom is 0.397 e. The molecule has 1 fully saturated rings. The first-order chi connectivity index (χ1) is 29.6. The summed E-state index contributed by atoms with van der Waals surface area (Å²) >= 11 is 0. The monoisotopic (exact) mass is 893 g/mol. The minimum atomic E-state index is -5.06. The van der Waals surface area contributed by atoms with E-state index in [9.17, 15) is 28.5 Å². The molecule has 0 radical (unpaired) electrons. The van der Waals surface area contributed by atoms with Crippen LogP contribution in [0.2, 0.25) is 0 Å². The second-order valence-corrected chi connectivity index (χ2v) is 18.5. The van der Waals surface area contributed by atoms with E-state index in [-0.39, 0.29) is 19.6 Å². The van der Waals surface area contributed by atoms with Gasteiger partial charge in [0.05, 0.1) is 19.8 Å². The number of esters is 1. The number of hydrogen-bond donors (Lipinski definition) is 4. The third kappa shape index (κ3) is 33.9. The van der Waals surface area contributed by atoms with Crippen molar-refractivity contribution in [3.8, 4) is 0 Å². The minimum Gasteiger partial charge on any atom is -0.457 e. The zero-order valence-corrected chi connectivity index (χ0v) is 39.6. The van der Waals surface area contributed by atoms with Gasteiger partial charge in [-0.05, 0) is 32.1 Å². The number of unbranched alkanes of at least 4 members (excludes halogenated alkanes) is 29. The summed E-state index contributed by atoms with van der Waals surface area (Å²) in [5, 5.41) is 30.7. The topological polar surface area (TPSA) is 178 Å². The van der Waals surface area contributed by atoms with Gasteiger partial charge in [0.15, 0.2) is 6.29 Å². The summed E-state index contributed by atoms with van der Waals surface area (Å²) in [7, 11) is -5.06. The van der Waals surface area contributed by atoms with Crippen molar-refractivity contribution >= 4 is 16.4 Å². The van der Waals surface area contributed by atoms with Crippen LogP contribution in [0.3, 0.4) is 0 Å². The Morgan fingerprint density at radius 1 is 0.607 bits per heavy atom. The van der Waals surface area contributed by atoms with Crippen LogP contribution >= 0.6 is 0 Å². The lowest BCUT2D eigenvalue weighted by molar-refractivity contribution is -0.301. The average molecular weight is 893 g/mol. The van der Waals surface area contributed by atoms with Crippen LogP contribution in [0, 0.1) is 0 Å². The van der Waals surface area contributed by atoms with Gasteiger partial charge < -0.3 is 34.3 Å². The van der Waals surface area contributed by atoms with Crippen LogP contribution in [0.5, 0.6) is 0 Å². The summed E-state index contributed by atoms with van der Waals surface area (Å²) in [5.74, 6) is -0.396. The van der Waals surface area contributed by atoms with Gasteiger partial charge in [-0.3, -0.25) is 9.35 Å². The van der Waals surface area contributed by atoms with Gasteiger partial charge in [0.25, 0.3) is 0 Å². The van der Waals surface area contributed by atoms with Gasteiger partial charge in [0.2, 0.25) is 0 Å². The lowest BCUT2D eigenvalue weighted by atomic mass is 9.99. The molecular formula is C48H92O12S. The molecule has 1 rings (SSSR count). The van der Waals surface area contributed by atoms with Crippen molar-refractivity contribution in [1.29, 1.82) is 0 Å². The van der Waals surface area contributed by atoms with Crippen molar-refractivity contribution in [2.45, 2.75) is 263 Å². The number of hydrogen-bond acceptors (Lipinski definition) is 11. The van der Waals surface area contributed by atoms with E-state index in [2.05, 4.69) is 30.2 Å². The third-order valence-electron chi connectivity index (χ3n) is 11.6. The Labute approximate surface area is 372 Å². The van der Waals surface area contributed by atoms with Crippen LogP contribution in [0.15, 0.2) is 12.2 Å². The Kier molecular flexibility index (Phi) is 38.3. The average Bonchev–Trinajstić information content (AvgIpc) is 3.23. The molecule has 6 unspecified atom stereocenters. The predicted octanol–water partition coefficient (Wildman–Crippen LogP) is 11.0. The van der Waals surface area contributed by atoms with E-state index in [0.29, 0.717) is 13.0 Å². The number of ether oxygens (including phenoxy) is 4. The molecule has 0 bridgehead atoms. The van der Waals surface area contributed by atoms with E-state index in [0.717, 1.165) is 44.9 Å². The predicted molar refractivity (Wildman–Crippen MR) is 244 cm³/mol. The number of rotatable bonds is 44. The van der Waals surface area contributed by atoms with Crippen molar-refractivity contribution in [3.05, 3.63) is 12.2 Å². The third-order valence-corrected chi connectivity index (χ3v) is 12.1. The Bertz CT molecular complexity index is 1120. The van der Waals surface area contributed by atoms with Gasteiger partial charge >= 0.3 is 16.4 Å². The summed E-state index contributed by atoms with van der Waals surface area (Å²) in [6.45, 7) is 3.98. The number of carbonyl (C=O) groups is 1. The molecule has 0 aromatic heterocycles. The molecule has 0 aliphatic carbocycles. The molecule has 0 aromatic rings. The molecule has 13 heteroatoms. The Hall–Kier alpha value is -1.16. The van der Waals surface area contributed by atoms with Crippen LogP contribution in [0.4, 0.5) is 0 Å². The van der Waals surface area contributed by atoms with E-state index >= 15 is 0 Å². The summed E-state index contributed by atoms with van der Waals surface area (Å²) in [4.78, 5) is 12.9. The maximum absolute atomic E-state index is 12.9. The first-order valence-corrected chi connectivity index (χ1v) is 26.3. The largest absolute Gasteiger partial charge is 0.457 e. The van der Waals surface area contributed by atoms with Gasteiger partial charge in [-0.15, -0.1) is 0 Å². The molecule has 1 aliphatic heterocycles. The van der Waals surface area contributed by atoms with Gasteiger partial charge in [0, 0.05) is 13.0 Å². The first-order valence-electron chi connectivity index (χ1n) is 24.9. The van der Waals surface area contributed by atoms with Crippen LogP contribution in [-0.4, -0.2) is 97.5 Å². The molecule has 4 N–H and O–H groups in total. The van der Waals surface area contributed by atoms with Gasteiger partial charge in [-0.2, -0.15) is 8.42 Å². The number of aliphatic hydroxyl groups excluding tert-OH is 3. The van der Waals surface area contributed by atoms with Crippen molar-refractivity contribution in [2.24, 2.45) is 0 Å². The lowest BCUT2D eigenvalue weighted by Gasteiger charge is -2.41. The zero-order chi connectivity index (χ0) is 44.7. The molecule has 0 aromatic carbocycles. The molecule has 1 saturated heterocycles. The summed E-state index contributed by atoms with van der Waals surface area (Å²) < 4.78 is 59.1. The molecule has 0 spiro atoms. The molecule has 1 heterocycles. The van der Waals surface area contributed by atoms with Crippen molar-refractivity contribution in [1.82, 2.24) is 0 Å². The van der Waals surface area contributed by atoms with E-state index in [1.54, 1.807) is 0 Å². The number of allylic oxidation sites excluding steroid dienone is 2. The van der Waals surface area contributed by atoms with Crippen molar-refractivity contribution < 1.29 is 56.2 Å². The Balaban J connectivity index is 2.32. The van der Waals surface area contributed by atoms with E-state index in [1.165, 1.54) is 154 Å². The quantitative estimate of drug-likeness (QED) is 0.0197. The Morgan fingerprint density at radius 3 is 1.52 bits per heavy atom. The van der Waals surface area contributed by atoms with Crippen LogP contribution in [0.25, 0.3) is 0 Å². The summed E-state index contributed by atoms with van der Waals surface area (Å²) in [6.07, 6.45) is 35.4. The standard InChI is InChI=1S/C48H92O12S/c1-3-5-7-9-11-13-15-17-18-19-20-21-22-23-24-25-26-27-29-31-33-35-37-44(50)58-42(40-56-38-36-34-32-30-28-16-14-12-10-8-6-4-2)41-57-48-46(52)47(60-61(53,54)55)45(51)43(39-49)59-48/h10,12,42-43,45-49,51-52H,3-9,11,13-41H2,1-2H3,(H,53,54,55)/b12-10-. The Morgan fingerprint density at radius 2 is 1.05 bits per heavy atom.